The number of hydroxylamine groups is 2. The SMILES string of the molecule is COC1(c2cc(F)cc(Sc3ccc(CON(C)C(C)=O)cc3)c2)CCOCC1. The number of hydrogen-bond donors (Lipinski definition) is 0. The van der Waals surface area contributed by atoms with Crippen LogP contribution in [0.3, 0.4) is 0 Å². The highest BCUT2D eigenvalue weighted by Crippen LogP contribution is 2.38. The maximum absolute atomic E-state index is 14.3. The molecule has 0 unspecified atom stereocenters. The van der Waals surface area contributed by atoms with Gasteiger partial charge in [0, 0.05) is 56.9 Å². The average Bonchev–Trinajstić information content (AvgIpc) is 2.73. The first-order valence-corrected chi connectivity index (χ1v) is 10.3. The summed E-state index contributed by atoms with van der Waals surface area (Å²) in [5.74, 6) is -0.428. The maximum Gasteiger partial charge on any atom is 0.242 e. The van der Waals surface area contributed by atoms with Crippen LogP contribution in [-0.4, -0.2) is 38.3 Å². The number of ether oxygens (including phenoxy) is 2. The van der Waals surface area contributed by atoms with Gasteiger partial charge in [0.05, 0.1) is 5.60 Å². The molecule has 0 atom stereocenters. The Labute approximate surface area is 175 Å². The summed E-state index contributed by atoms with van der Waals surface area (Å²) in [7, 11) is 3.26. The molecule has 0 aromatic heterocycles. The fourth-order valence-corrected chi connectivity index (χ4v) is 4.15. The Bertz CT molecular complexity index is 837. The number of carbonyl (C=O) groups excluding carboxylic acids is 1. The lowest BCUT2D eigenvalue weighted by Crippen LogP contribution is -2.35. The molecular weight excluding hydrogens is 393 g/mol. The van der Waals surface area contributed by atoms with Crippen molar-refractivity contribution in [2.75, 3.05) is 27.4 Å². The molecule has 29 heavy (non-hydrogen) atoms. The Morgan fingerprint density at radius 2 is 1.86 bits per heavy atom. The van der Waals surface area contributed by atoms with Gasteiger partial charge in [0.15, 0.2) is 0 Å². The molecule has 1 fully saturated rings. The van der Waals surface area contributed by atoms with E-state index in [2.05, 4.69) is 0 Å². The minimum absolute atomic E-state index is 0.155. The van der Waals surface area contributed by atoms with Crippen LogP contribution in [0.25, 0.3) is 0 Å². The third-order valence-electron chi connectivity index (χ3n) is 5.12. The fourth-order valence-electron chi connectivity index (χ4n) is 3.25. The number of benzene rings is 2. The van der Waals surface area contributed by atoms with Crippen LogP contribution in [0.15, 0.2) is 52.3 Å². The molecule has 2 aromatic carbocycles. The molecule has 5 nitrogen and oxygen atoms in total. The van der Waals surface area contributed by atoms with Crippen molar-refractivity contribution in [1.82, 2.24) is 5.06 Å². The molecule has 0 N–H and O–H groups in total. The summed E-state index contributed by atoms with van der Waals surface area (Å²) in [5, 5.41) is 1.21. The quantitative estimate of drug-likeness (QED) is 0.617. The van der Waals surface area contributed by atoms with Crippen molar-refractivity contribution >= 4 is 17.7 Å². The van der Waals surface area contributed by atoms with Gasteiger partial charge in [0.2, 0.25) is 5.91 Å². The van der Waals surface area contributed by atoms with E-state index in [1.165, 1.54) is 29.8 Å². The van der Waals surface area contributed by atoms with Crippen LogP contribution in [0.1, 0.15) is 30.9 Å². The van der Waals surface area contributed by atoms with Crippen molar-refractivity contribution in [3.63, 3.8) is 0 Å². The molecule has 0 aliphatic carbocycles. The standard InChI is InChI=1S/C22H26FNO4S/c1-16(25)24(2)28-15-17-4-6-20(7-5-17)29-21-13-18(12-19(23)14-21)22(26-3)8-10-27-11-9-22/h4-7,12-14H,8-11,15H2,1-3H3. The minimum atomic E-state index is -0.500. The molecule has 1 aliphatic heterocycles. The van der Waals surface area contributed by atoms with Crippen LogP contribution in [0.2, 0.25) is 0 Å². The van der Waals surface area contributed by atoms with Gasteiger partial charge in [-0.15, -0.1) is 0 Å². The summed E-state index contributed by atoms with van der Waals surface area (Å²) in [6, 6.07) is 12.9. The predicted molar refractivity (Wildman–Crippen MR) is 109 cm³/mol. The van der Waals surface area contributed by atoms with Crippen molar-refractivity contribution in [3.8, 4) is 0 Å². The van der Waals surface area contributed by atoms with Crippen molar-refractivity contribution in [2.24, 2.45) is 0 Å². The highest BCUT2D eigenvalue weighted by molar-refractivity contribution is 7.99. The number of methoxy groups -OCH3 is 1. The second kappa shape index (κ2) is 9.71. The lowest BCUT2D eigenvalue weighted by Gasteiger charge is -2.36. The van der Waals surface area contributed by atoms with Crippen LogP contribution in [0.5, 0.6) is 0 Å². The summed E-state index contributed by atoms with van der Waals surface area (Å²) in [6.45, 7) is 2.97. The highest BCUT2D eigenvalue weighted by Gasteiger charge is 2.35. The largest absolute Gasteiger partial charge is 0.381 e. The third kappa shape index (κ3) is 5.57. The molecule has 0 saturated carbocycles. The van der Waals surface area contributed by atoms with Gasteiger partial charge < -0.3 is 9.47 Å². The lowest BCUT2D eigenvalue weighted by molar-refractivity contribution is -0.180. The van der Waals surface area contributed by atoms with Crippen LogP contribution in [-0.2, 0) is 31.3 Å². The molecule has 1 heterocycles. The Kier molecular flexibility index (Phi) is 7.29. The zero-order valence-electron chi connectivity index (χ0n) is 16.9. The van der Waals surface area contributed by atoms with E-state index in [1.54, 1.807) is 20.2 Å². The Morgan fingerprint density at radius 1 is 1.17 bits per heavy atom. The number of carbonyl (C=O) groups is 1. The normalized spacial score (nSPS) is 15.9. The van der Waals surface area contributed by atoms with E-state index in [1.807, 2.05) is 30.3 Å². The van der Waals surface area contributed by atoms with E-state index in [0.717, 1.165) is 20.9 Å². The van der Waals surface area contributed by atoms with E-state index < -0.39 is 5.60 Å². The topological polar surface area (TPSA) is 48.0 Å². The van der Waals surface area contributed by atoms with Gasteiger partial charge in [-0.25, -0.2) is 9.45 Å². The van der Waals surface area contributed by atoms with Gasteiger partial charge in [0.1, 0.15) is 12.4 Å². The van der Waals surface area contributed by atoms with Gasteiger partial charge in [0.25, 0.3) is 0 Å². The van der Waals surface area contributed by atoms with E-state index in [9.17, 15) is 9.18 Å². The van der Waals surface area contributed by atoms with Crippen LogP contribution in [0, 0.1) is 5.82 Å². The van der Waals surface area contributed by atoms with Gasteiger partial charge in [-0.2, -0.15) is 0 Å². The first kappa shape index (κ1) is 21.8. The highest BCUT2D eigenvalue weighted by atomic mass is 32.2. The van der Waals surface area contributed by atoms with Crippen LogP contribution >= 0.6 is 11.8 Å². The molecule has 1 saturated heterocycles. The van der Waals surface area contributed by atoms with E-state index in [0.29, 0.717) is 32.7 Å². The molecule has 0 radical (unpaired) electrons. The smallest absolute Gasteiger partial charge is 0.242 e. The van der Waals surface area contributed by atoms with Crippen molar-refractivity contribution in [3.05, 3.63) is 59.4 Å². The number of hydrogen-bond acceptors (Lipinski definition) is 5. The van der Waals surface area contributed by atoms with Gasteiger partial charge >= 0.3 is 0 Å². The molecule has 0 spiro atoms. The minimum Gasteiger partial charge on any atom is -0.381 e. The molecule has 1 amide bonds. The zero-order valence-corrected chi connectivity index (χ0v) is 17.8. The predicted octanol–water partition coefficient (Wildman–Crippen LogP) is 4.54. The van der Waals surface area contributed by atoms with Crippen molar-refractivity contribution in [2.45, 2.75) is 41.8 Å². The number of nitrogens with zero attached hydrogens (tertiary/aromatic N) is 1. The number of amides is 1. The maximum atomic E-state index is 14.3. The molecule has 3 rings (SSSR count). The fraction of sp³-hybridized carbons (Fsp3) is 0.409. The summed E-state index contributed by atoms with van der Waals surface area (Å²) in [5.41, 5.74) is 1.30. The molecule has 7 heteroatoms. The van der Waals surface area contributed by atoms with Crippen LogP contribution < -0.4 is 0 Å². The van der Waals surface area contributed by atoms with E-state index in [4.69, 9.17) is 14.3 Å². The Morgan fingerprint density at radius 3 is 2.48 bits per heavy atom. The summed E-state index contributed by atoms with van der Waals surface area (Å²) in [6.07, 6.45) is 1.42. The molecule has 1 aliphatic rings. The Balaban J connectivity index is 1.71. The van der Waals surface area contributed by atoms with E-state index in [-0.39, 0.29) is 11.7 Å². The molecular formula is C22H26FNO4S. The lowest BCUT2D eigenvalue weighted by atomic mass is 9.86. The Hall–Kier alpha value is -1.93. The van der Waals surface area contributed by atoms with Crippen molar-refractivity contribution in [1.29, 1.82) is 0 Å². The van der Waals surface area contributed by atoms with Gasteiger partial charge in [-0.3, -0.25) is 9.63 Å². The van der Waals surface area contributed by atoms with E-state index >= 15 is 0 Å². The molecule has 0 bridgehead atoms. The summed E-state index contributed by atoms with van der Waals surface area (Å²) >= 11 is 1.49. The second-order valence-electron chi connectivity index (χ2n) is 7.02. The third-order valence-corrected chi connectivity index (χ3v) is 6.10. The van der Waals surface area contributed by atoms with Gasteiger partial charge in [-0.05, 0) is 41.5 Å². The van der Waals surface area contributed by atoms with Crippen LogP contribution in [0.4, 0.5) is 4.39 Å². The zero-order chi connectivity index (χ0) is 20.9. The molecule has 2 aromatic rings. The average molecular weight is 420 g/mol. The first-order chi connectivity index (χ1) is 13.9. The van der Waals surface area contributed by atoms with Crippen molar-refractivity contribution < 1.29 is 23.5 Å². The van der Waals surface area contributed by atoms with Gasteiger partial charge in [-0.1, -0.05) is 23.9 Å². The second-order valence-corrected chi connectivity index (χ2v) is 8.17. The first-order valence-electron chi connectivity index (χ1n) is 9.50. The monoisotopic (exact) mass is 419 g/mol. The summed E-state index contributed by atoms with van der Waals surface area (Å²) < 4.78 is 25.6. The number of halogens is 1. The summed E-state index contributed by atoms with van der Waals surface area (Å²) in [4.78, 5) is 18.4. The number of rotatable bonds is 7. The molecule has 156 valence electrons.